The normalized spacial score (nSPS) is 12.9. The van der Waals surface area contributed by atoms with Crippen LogP contribution >= 0.6 is 11.8 Å². The van der Waals surface area contributed by atoms with Gasteiger partial charge < -0.3 is 14.8 Å². The molecule has 0 unspecified atom stereocenters. The summed E-state index contributed by atoms with van der Waals surface area (Å²) in [6, 6.07) is 5.30. The summed E-state index contributed by atoms with van der Waals surface area (Å²) in [5.41, 5.74) is 2.32. The number of nitrogens with one attached hydrogen (secondary N) is 1. The van der Waals surface area contributed by atoms with Crippen molar-refractivity contribution in [1.82, 2.24) is 19.3 Å². The fourth-order valence-electron chi connectivity index (χ4n) is 3.50. The Hall–Kier alpha value is -3.01. The van der Waals surface area contributed by atoms with Gasteiger partial charge in [0.15, 0.2) is 22.2 Å². The number of anilines is 1. The second-order valence-corrected chi connectivity index (χ2v) is 8.09. The molecule has 2 aromatic heterocycles. The van der Waals surface area contributed by atoms with Gasteiger partial charge in [0.2, 0.25) is 5.91 Å². The minimum Gasteiger partial charge on any atom is -0.486 e. The van der Waals surface area contributed by atoms with Crippen molar-refractivity contribution in [3.8, 4) is 11.5 Å². The Labute approximate surface area is 183 Å². The Morgan fingerprint density at radius 2 is 2.00 bits per heavy atom. The van der Waals surface area contributed by atoms with E-state index in [0.717, 1.165) is 6.42 Å². The Morgan fingerprint density at radius 3 is 2.74 bits per heavy atom. The number of fused-ring (bicyclic) bond motifs is 2. The first-order valence-electron chi connectivity index (χ1n) is 10.3. The third-order valence-corrected chi connectivity index (χ3v) is 5.86. The monoisotopic (exact) mass is 443 g/mol. The number of nitrogens with zero attached hydrogens (tertiary/aromatic N) is 4. The molecule has 0 fully saturated rings. The molecule has 1 aliphatic heterocycles. The first kappa shape index (κ1) is 21.2. The summed E-state index contributed by atoms with van der Waals surface area (Å²) in [5, 5.41) is 7.81. The molecule has 4 rings (SSSR count). The number of benzene rings is 1. The molecule has 1 aromatic carbocycles. The first-order chi connectivity index (χ1) is 15.0. The van der Waals surface area contributed by atoms with Gasteiger partial charge in [-0.3, -0.25) is 18.8 Å². The Balaban J connectivity index is 1.54. The molecule has 0 atom stereocenters. The molecule has 9 nitrogen and oxygen atoms in total. The number of amides is 1. The van der Waals surface area contributed by atoms with E-state index in [2.05, 4.69) is 15.4 Å². The predicted molar refractivity (Wildman–Crippen MR) is 119 cm³/mol. The maximum absolute atomic E-state index is 13.1. The highest BCUT2D eigenvalue weighted by Crippen LogP contribution is 2.32. The first-order valence-corrected chi connectivity index (χ1v) is 11.3. The minimum absolute atomic E-state index is 0.121. The molecule has 10 heteroatoms. The molecule has 0 saturated carbocycles. The van der Waals surface area contributed by atoms with Crippen LogP contribution in [0.5, 0.6) is 11.5 Å². The van der Waals surface area contributed by atoms with E-state index in [-0.39, 0.29) is 17.2 Å². The SMILES string of the molecule is CCCn1c(SCC(=O)Nc2ccc3c(c2)OCCO3)nc2c(C)nn(CC)c2c1=O. The van der Waals surface area contributed by atoms with Gasteiger partial charge in [-0.15, -0.1) is 0 Å². The van der Waals surface area contributed by atoms with Crippen molar-refractivity contribution in [3.63, 3.8) is 0 Å². The third kappa shape index (κ3) is 4.25. The summed E-state index contributed by atoms with van der Waals surface area (Å²) in [5.74, 6) is 1.21. The molecule has 0 spiro atoms. The van der Waals surface area contributed by atoms with Crippen molar-refractivity contribution < 1.29 is 14.3 Å². The number of aryl methyl sites for hydroxylation is 2. The van der Waals surface area contributed by atoms with Gasteiger partial charge in [0.25, 0.3) is 5.56 Å². The lowest BCUT2D eigenvalue weighted by molar-refractivity contribution is -0.113. The lowest BCUT2D eigenvalue weighted by Crippen LogP contribution is -2.25. The second-order valence-electron chi connectivity index (χ2n) is 7.14. The van der Waals surface area contributed by atoms with Crippen LogP contribution in [0.25, 0.3) is 11.0 Å². The van der Waals surface area contributed by atoms with E-state index in [1.54, 1.807) is 27.4 Å². The predicted octanol–water partition coefficient (Wildman–Crippen LogP) is 2.83. The number of hydrogen-bond acceptors (Lipinski definition) is 7. The highest BCUT2D eigenvalue weighted by Gasteiger charge is 2.19. The number of thioether (sulfide) groups is 1. The lowest BCUT2D eigenvalue weighted by atomic mass is 10.2. The molecule has 0 bridgehead atoms. The fraction of sp³-hybridized carbons (Fsp3) is 0.429. The van der Waals surface area contributed by atoms with Gasteiger partial charge in [0.1, 0.15) is 18.7 Å². The number of carbonyl (C=O) groups excluding carboxylic acids is 1. The van der Waals surface area contributed by atoms with Gasteiger partial charge in [-0.1, -0.05) is 18.7 Å². The molecule has 1 N–H and O–H groups in total. The molecule has 3 aromatic rings. The number of ether oxygens (including phenoxy) is 2. The number of aromatic nitrogens is 4. The molecule has 0 saturated heterocycles. The maximum Gasteiger partial charge on any atom is 0.280 e. The number of rotatable bonds is 7. The van der Waals surface area contributed by atoms with Crippen LogP contribution in [0.2, 0.25) is 0 Å². The van der Waals surface area contributed by atoms with Gasteiger partial charge >= 0.3 is 0 Å². The molecule has 164 valence electrons. The molecular weight excluding hydrogens is 418 g/mol. The Morgan fingerprint density at radius 1 is 1.23 bits per heavy atom. The van der Waals surface area contributed by atoms with E-state index in [9.17, 15) is 9.59 Å². The van der Waals surface area contributed by atoms with Crippen molar-refractivity contribution in [2.45, 2.75) is 45.4 Å². The zero-order chi connectivity index (χ0) is 22.0. The molecule has 1 aliphatic rings. The van der Waals surface area contributed by atoms with Gasteiger partial charge in [-0.25, -0.2) is 4.98 Å². The van der Waals surface area contributed by atoms with E-state index in [1.165, 1.54) is 11.8 Å². The third-order valence-electron chi connectivity index (χ3n) is 4.89. The quantitative estimate of drug-likeness (QED) is 0.443. The summed E-state index contributed by atoms with van der Waals surface area (Å²) >= 11 is 1.24. The van der Waals surface area contributed by atoms with Crippen molar-refractivity contribution in [1.29, 1.82) is 0 Å². The highest BCUT2D eigenvalue weighted by molar-refractivity contribution is 7.99. The molecule has 3 heterocycles. The molecular formula is C21H25N5O4S. The van der Waals surface area contributed by atoms with Crippen LogP contribution in [-0.4, -0.2) is 44.2 Å². The topological polar surface area (TPSA) is 100 Å². The van der Waals surface area contributed by atoms with Crippen molar-refractivity contribution >= 4 is 34.4 Å². The zero-order valence-electron chi connectivity index (χ0n) is 17.8. The molecule has 1 amide bonds. The largest absolute Gasteiger partial charge is 0.486 e. The average Bonchev–Trinajstić information content (AvgIpc) is 3.10. The van der Waals surface area contributed by atoms with Gasteiger partial charge in [0.05, 0.1) is 11.4 Å². The van der Waals surface area contributed by atoms with Crippen LogP contribution in [0.4, 0.5) is 5.69 Å². The van der Waals surface area contributed by atoms with Gasteiger partial charge in [0, 0.05) is 24.8 Å². The zero-order valence-corrected chi connectivity index (χ0v) is 18.6. The van der Waals surface area contributed by atoms with Crippen LogP contribution < -0.4 is 20.3 Å². The second kappa shape index (κ2) is 9.01. The minimum atomic E-state index is -0.194. The summed E-state index contributed by atoms with van der Waals surface area (Å²) in [6.07, 6.45) is 0.781. The standard InChI is InChI=1S/C21H25N5O4S/c1-4-8-25-20(28)19-18(13(3)24-26(19)5-2)23-21(25)31-12-17(27)22-14-6-7-15-16(11-14)30-10-9-29-15/h6-7,11H,4-5,8-10,12H2,1-3H3,(H,22,27). The van der Waals surface area contributed by atoms with Crippen LogP contribution in [0.1, 0.15) is 26.0 Å². The van der Waals surface area contributed by atoms with E-state index >= 15 is 0 Å². The van der Waals surface area contributed by atoms with Crippen molar-refractivity contribution in [3.05, 3.63) is 34.2 Å². The highest BCUT2D eigenvalue weighted by atomic mass is 32.2. The fourth-order valence-corrected chi connectivity index (χ4v) is 4.31. The van der Waals surface area contributed by atoms with E-state index in [4.69, 9.17) is 9.47 Å². The number of hydrogen-bond donors (Lipinski definition) is 1. The summed E-state index contributed by atoms with van der Waals surface area (Å²) < 4.78 is 14.4. The average molecular weight is 444 g/mol. The van der Waals surface area contributed by atoms with Crippen LogP contribution in [0.3, 0.4) is 0 Å². The summed E-state index contributed by atoms with van der Waals surface area (Å²) in [4.78, 5) is 30.4. The molecule has 0 radical (unpaired) electrons. The van der Waals surface area contributed by atoms with Gasteiger partial charge in [-0.2, -0.15) is 5.10 Å². The Kier molecular flexibility index (Phi) is 6.17. The number of carbonyl (C=O) groups is 1. The summed E-state index contributed by atoms with van der Waals surface area (Å²) in [6.45, 7) is 7.91. The van der Waals surface area contributed by atoms with Crippen LogP contribution in [0, 0.1) is 6.92 Å². The van der Waals surface area contributed by atoms with Crippen LogP contribution in [0.15, 0.2) is 28.2 Å². The summed E-state index contributed by atoms with van der Waals surface area (Å²) in [7, 11) is 0. The van der Waals surface area contributed by atoms with E-state index in [0.29, 0.717) is 65.4 Å². The lowest BCUT2D eigenvalue weighted by Gasteiger charge is -2.19. The van der Waals surface area contributed by atoms with E-state index in [1.807, 2.05) is 20.8 Å². The van der Waals surface area contributed by atoms with Crippen molar-refractivity contribution in [2.75, 3.05) is 24.3 Å². The van der Waals surface area contributed by atoms with Crippen molar-refractivity contribution in [2.24, 2.45) is 0 Å². The smallest absolute Gasteiger partial charge is 0.280 e. The van der Waals surface area contributed by atoms with E-state index < -0.39 is 0 Å². The maximum atomic E-state index is 13.1. The van der Waals surface area contributed by atoms with Crippen LogP contribution in [-0.2, 0) is 17.9 Å². The van der Waals surface area contributed by atoms with Gasteiger partial charge in [-0.05, 0) is 32.4 Å². The molecule has 0 aliphatic carbocycles. The molecule has 31 heavy (non-hydrogen) atoms. The Bertz CT molecular complexity index is 1190.